The van der Waals surface area contributed by atoms with E-state index in [1.165, 1.54) is 30.4 Å². The quantitative estimate of drug-likeness (QED) is 0.827. The molecule has 0 aliphatic heterocycles. The SMILES string of the molecule is CCNC(c1ccc(C(C)(C)C)cc1)C1CCC1. The Morgan fingerprint density at radius 1 is 1.17 bits per heavy atom. The van der Waals surface area contributed by atoms with Gasteiger partial charge in [-0.05, 0) is 41.8 Å². The first-order valence-electron chi connectivity index (χ1n) is 7.36. The van der Waals surface area contributed by atoms with Gasteiger partial charge in [-0.3, -0.25) is 0 Å². The van der Waals surface area contributed by atoms with Crippen molar-refractivity contribution >= 4 is 0 Å². The fraction of sp³-hybridized carbons (Fsp3) is 0.647. The highest BCUT2D eigenvalue weighted by Crippen LogP contribution is 2.38. The molecule has 1 aromatic rings. The van der Waals surface area contributed by atoms with Crippen molar-refractivity contribution in [1.82, 2.24) is 5.32 Å². The summed E-state index contributed by atoms with van der Waals surface area (Å²) in [7, 11) is 0. The molecule has 0 saturated heterocycles. The zero-order valence-corrected chi connectivity index (χ0v) is 12.3. The largest absolute Gasteiger partial charge is 0.310 e. The Hall–Kier alpha value is -0.820. The molecule has 100 valence electrons. The van der Waals surface area contributed by atoms with E-state index in [2.05, 4.69) is 57.3 Å². The second kappa shape index (κ2) is 5.44. The van der Waals surface area contributed by atoms with E-state index in [0.717, 1.165) is 12.5 Å². The summed E-state index contributed by atoms with van der Waals surface area (Å²) in [6.45, 7) is 10.1. The Morgan fingerprint density at radius 2 is 1.78 bits per heavy atom. The summed E-state index contributed by atoms with van der Waals surface area (Å²) in [6, 6.07) is 9.83. The molecule has 0 bridgehead atoms. The second-order valence-corrected chi connectivity index (χ2v) is 6.60. The monoisotopic (exact) mass is 245 g/mol. The van der Waals surface area contributed by atoms with Crippen LogP contribution in [0.5, 0.6) is 0 Å². The highest BCUT2D eigenvalue weighted by atomic mass is 14.9. The van der Waals surface area contributed by atoms with Crippen molar-refractivity contribution in [3.63, 3.8) is 0 Å². The van der Waals surface area contributed by atoms with Crippen molar-refractivity contribution in [2.24, 2.45) is 5.92 Å². The number of nitrogens with one attached hydrogen (secondary N) is 1. The minimum Gasteiger partial charge on any atom is -0.310 e. The first-order valence-corrected chi connectivity index (χ1v) is 7.36. The lowest BCUT2D eigenvalue weighted by molar-refractivity contribution is 0.233. The van der Waals surface area contributed by atoms with Crippen molar-refractivity contribution in [2.75, 3.05) is 6.54 Å². The average Bonchev–Trinajstić information content (AvgIpc) is 2.25. The molecule has 1 nitrogen and oxygen atoms in total. The van der Waals surface area contributed by atoms with Crippen LogP contribution >= 0.6 is 0 Å². The third-order valence-electron chi connectivity index (χ3n) is 4.18. The molecule has 1 saturated carbocycles. The van der Waals surface area contributed by atoms with Gasteiger partial charge in [-0.2, -0.15) is 0 Å². The van der Waals surface area contributed by atoms with Crippen molar-refractivity contribution in [1.29, 1.82) is 0 Å². The lowest BCUT2D eigenvalue weighted by Crippen LogP contribution is -2.32. The van der Waals surface area contributed by atoms with E-state index >= 15 is 0 Å². The maximum absolute atomic E-state index is 3.66. The van der Waals surface area contributed by atoms with Gasteiger partial charge in [0.25, 0.3) is 0 Å². The highest BCUT2D eigenvalue weighted by Gasteiger charge is 2.27. The minimum atomic E-state index is 0.253. The molecule has 2 rings (SSSR count). The fourth-order valence-electron chi connectivity index (χ4n) is 2.74. The van der Waals surface area contributed by atoms with E-state index in [1.54, 1.807) is 0 Å². The van der Waals surface area contributed by atoms with Gasteiger partial charge >= 0.3 is 0 Å². The van der Waals surface area contributed by atoms with Gasteiger partial charge in [0.05, 0.1) is 0 Å². The average molecular weight is 245 g/mol. The Labute approximate surface area is 112 Å². The van der Waals surface area contributed by atoms with Gasteiger partial charge in [-0.25, -0.2) is 0 Å². The molecule has 1 atom stereocenters. The number of hydrogen-bond acceptors (Lipinski definition) is 1. The van der Waals surface area contributed by atoms with Gasteiger partial charge in [0.2, 0.25) is 0 Å². The van der Waals surface area contributed by atoms with Crippen LogP contribution in [0.1, 0.15) is 64.1 Å². The van der Waals surface area contributed by atoms with Crippen LogP contribution in [0.25, 0.3) is 0 Å². The predicted octanol–water partition coefficient (Wildman–Crippen LogP) is 4.43. The molecule has 0 heterocycles. The molecule has 1 fully saturated rings. The van der Waals surface area contributed by atoms with Gasteiger partial charge in [0.15, 0.2) is 0 Å². The van der Waals surface area contributed by atoms with Gasteiger partial charge in [-0.1, -0.05) is 58.4 Å². The highest BCUT2D eigenvalue weighted by molar-refractivity contribution is 5.29. The normalized spacial score (nSPS) is 18.4. The third-order valence-corrected chi connectivity index (χ3v) is 4.18. The summed E-state index contributed by atoms with van der Waals surface area (Å²) >= 11 is 0. The Balaban J connectivity index is 2.15. The number of hydrogen-bond donors (Lipinski definition) is 1. The van der Waals surface area contributed by atoms with E-state index in [-0.39, 0.29) is 5.41 Å². The van der Waals surface area contributed by atoms with Crippen LogP contribution in [0.2, 0.25) is 0 Å². The molecule has 0 aromatic heterocycles. The van der Waals surface area contributed by atoms with Crippen molar-refractivity contribution < 1.29 is 0 Å². The molecule has 0 radical (unpaired) electrons. The topological polar surface area (TPSA) is 12.0 Å². The Kier molecular flexibility index (Phi) is 4.11. The molecule has 1 heteroatoms. The first-order chi connectivity index (χ1) is 8.52. The maximum atomic E-state index is 3.66. The van der Waals surface area contributed by atoms with E-state index in [4.69, 9.17) is 0 Å². The number of benzene rings is 1. The Bertz CT molecular complexity index is 368. The lowest BCUT2D eigenvalue weighted by atomic mass is 9.76. The van der Waals surface area contributed by atoms with Gasteiger partial charge in [0, 0.05) is 6.04 Å². The van der Waals surface area contributed by atoms with Crippen LogP contribution in [0.3, 0.4) is 0 Å². The smallest absolute Gasteiger partial charge is 0.0348 e. The molecular weight excluding hydrogens is 218 g/mol. The summed E-state index contributed by atoms with van der Waals surface area (Å²) in [4.78, 5) is 0. The molecule has 1 N–H and O–H groups in total. The van der Waals surface area contributed by atoms with Crippen LogP contribution in [0.4, 0.5) is 0 Å². The summed E-state index contributed by atoms with van der Waals surface area (Å²) < 4.78 is 0. The van der Waals surface area contributed by atoms with Crippen molar-refractivity contribution in [3.8, 4) is 0 Å². The van der Waals surface area contributed by atoms with Crippen LogP contribution in [0.15, 0.2) is 24.3 Å². The standard InChI is InChI=1S/C17H27N/c1-5-18-16(13-7-6-8-13)14-9-11-15(12-10-14)17(2,3)4/h9-13,16,18H,5-8H2,1-4H3. The van der Waals surface area contributed by atoms with Crippen LogP contribution < -0.4 is 5.32 Å². The molecule has 1 aliphatic rings. The molecule has 18 heavy (non-hydrogen) atoms. The summed E-state index contributed by atoms with van der Waals surface area (Å²) in [5.41, 5.74) is 3.15. The summed E-state index contributed by atoms with van der Waals surface area (Å²) in [5.74, 6) is 0.852. The van der Waals surface area contributed by atoms with Gasteiger partial charge < -0.3 is 5.32 Å². The summed E-state index contributed by atoms with van der Waals surface area (Å²) in [5, 5.41) is 3.66. The van der Waals surface area contributed by atoms with Crippen molar-refractivity contribution in [2.45, 2.75) is 58.4 Å². The third kappa shape index (κ3) is 2.95. The molecule has 1 aliphatic carbocycles. The lowest BCUT2D eigenvalue weighted by Gasteiger charge is -2.35. The number of rotatable bonds is 4. The molecular formula is C17H27N. The molecule has 1 unspecified atom stereocenters. The van der Waals surface area contributed by atoms with E-state index in [1.807, 2.05) is 0 Å². The van der Waals surface area contributed by atoms with Crippen LogP contribution in [0, 0.1) is 5.92 Å². The van der Waals surface area contributed by atoms with Crippen molar-refractivity contribution in [3.05, 3.63) is 35.4 Å². The van der Waals surface area contributed by atoms with E-state index in [9.17, 15) is 0 Å². The molecule has 0 amide bonds. The van der Waals surface area contributed by atoms with E-state index in [0.29, 0.717) is 6.04 Å². The maximum Gasteiger partial charge on any atom is 0.0348 e. The second-order valence-electron chi connectivity index (χ2n) is 6.60. The van der Waals surface area contributed by atoms with Gasteiger partial charge in [0.1, 0.15) is 0 Å². The molecule has 0 spiro atoms. The summed E-state index contributed by atoms with van der Waals surface area (Å²) in [6.07, 6.45) is 4.18. The minimum absolute atomic E-state index is 0.253. The van der Waals surface area contributed by atoms with Crippen LogP contribution in [-0.4, -0.2) is 6.54 Å². The zero-order valence-electron chi connectivity index (χ0n) is 12.3. The predicted molar refractivity (Wildman–Crippen MR) is 78.9 cm³/mol. The first kappa shape index (κ1) is 13.6. The molecule has 1 aromatic carbocycles. The van der Waals surface area contributed by atoms with E-state index < -0.39 is 0 Å². The zero-order chi connectivity index (χ0) is 13.2. The Morgan fingerprint density at radius 3 is 2.17 bits per heavy atom. The van der Waals surface area contributed by atoms with Gasteiger partial charge in [-0.15, -0.1) is 0 Å². The fourth-order valence-corrected chi connectivity index (χ4v) is 2.74. The van der Waals surface area contributed by atoms with Crippen LogP contribution in [-0.2, 0) is 5.41 Å².